The summed E-state index contributed by atoms with van der Waals surface area (Å²) in [6, 6.07) is 11.5. The van der Waals surface area contributed by atoms with Gasteiger partial charge in [-0.2, -0.15) is 5.26 Å². The second kappa shape index (κ2) is 5.94. The predicted octanol–water partition coefficient (Wildman–Crippen LogP) is 4.80. The van der Waals surface area contributed by atoms with Crippen molar-refractivity contribution in [2.24, 2.45) is 0 Å². The van der Waals surface area contributed by atoms with Gasteiger partial charge in [0.05, 0.1) is 11.7 Å². The van der Waals surface area contributed by atoms with Crippen LogP contribution >= 0.6 is 11.6 Å². The van der Waals surface area contributed by atoms with E-state index in [1.54, 1.807) is 24.3 Å². The van der Waals surface area contributed by atoms with Gasteiger partial charge in [-0.3, -0.25) is 0 Å². The number of hydrogen-bond acceptors (Lipinski definition) is 2. The molecule has 0 aliphatic rings. The summed E-state index contributed by atoms with van der Waals surface area (Å²) in [7, 11) is 0. The number of ether oxygens (including phenoxy) is 1. The summed E-state index contributed by atoms with van der Waals surface area (Å²) < 4.78 is 19.0. The molecule has 2 aromatic rings. The zero-order chi connectivity index (χ0) is 14.7. The quantitative estimate of drug-likeness (QED) is 0.812. The van der Waals surface area contributed by atoms with Gasteiger partial charge in [0.1, 0.15) is 17.6 Å². The molecule has 0 unspecified atom stereocenters. The highest BCUT2D eigenvalue weighted by atomic mass is 35.5. The lowest BCUT2D eigenvalue weighted by Gasteiger charge is -2.13. The number of rotatable bonds is 3. The molecule has 2 aromatic carbocycles. The standard InChI is InChI=1S/C16H13ClFNO/c1-10(2)20-16-7-11(3-4-12(16)9-19)13-5-14(17)8-15(18)6-13/h3-8,10H,1-2H3. The van der Waals surface area contributed by atoms with Crippen LogP contribution in [0.4, 0.5) is 4.39 Å². The highest BCUT2D eigenvalue weighted by Gasteiger charge is 2.09. The van der Waals surface area contributed by atoms with Crippen molar-refractivity contribution in [1.82, 2.24) is 0 Å². The maximum absolute atomic E-state index is 13.4. The fraction of sp³-hybridized carbons (Fsp3) is 0.188. The smallest absolute Gasteiger partial charge is 0.138 e. The lowest BCUT2D eigenvalue weighted by atomic mass is 10.0. The van der Waals surface area contributed by atoms with Gasteiger partial charge in [0.15, 0.2) is 0 Å². The van der Waals surface area contributed by atoms with E-state index in [2.05, 4.69) is 6.07 Å². The van der Waals surface area contributed by atoms with Crippen molar-refractivity contribution in [2.45, 2.75) is 20.0 Å². The van der Waals surface area contributed by atoms with Gasteiger partial charge < -0.3 is 4.74 Å². The van der Waals surface area contributed by atoms with E-state index in [0.717, 1.165) is 5.56 Å². The molecule has 0 aromatic heterocycles. The van der Waals surface area contributed by atoms with Gasteiger partial charge in [0.25, 0.3) is 0 Å². The zero-order valence-electron chi connectivity index (χ0n) is 11.2. The lowest BCUT2D eigenvalue weighted by molar-refractivity contribution is 0.242. The Balaban J connectivity index is 2.50. The van der Waals surface area contributed by atoms with Crippen molar-refractivity contribution >= 4 is 11.6 Å². The fourth-order valence-electron chi connectivity index (χ4n) is 1.87. The molecule has 0 saturated carbocycles. The summed E-state index contributed by atoms with van der Waals surface area (Å²) in [6.07, 6.45) is -0.0477. The second-order valence-electron chi connectivity index (χ2n) is 4.65. The average molecular weight is 290 g/mol. The molecule has 0 heterocycles. The van der Waals surface area contributed by atoms with Crippen LogP contribution in [-0.4, -0.2) is 6.10 Å². The van der Waals surface area contributed by atoms with E-state index in [4.69, 9.17) is 21.6 Å². The minimum absolute atomic E-state index is 0.0477. The van der Waals surface area contributed by atoms with Crippen LogP contribution in [0.25, 0.3) is 11.1 Å². The first kappa shape index (κ1) is 14.4. The molecule has 0 radical (unpaired) electrons. The maximum Gasteiger partial charge on any atom is 0.138 e. The normalized spacial score (nSPS) is 10.4. The number of hydrogen-bond donors (Lipinski definition) is 0. The van der Waals surface area contributed by atoms with E-state index in [-0.39, 0.29) is 6.10 Å². The summed E-state index contributed by atoms with van der Waals surface area (Å²) in [6.45, 7) is 3.76. The summed E-state index contributed by atoms with van der Waals surface area (Å²) in [5, 5.41) is 9.40. The van der Waals surface area contributed by atoms with Crippen LogP contribution < -0.4 is 4.74 Å². The first-order valence-electron chi connectivity index (χ1n) is 6.17. The number of benzene rings is 2. The predicted molar refractivity (Wildman–Crippen MR) is 77.3 cm³/mol. The second-order valence-corrected chi connectivity index (χ2v) is 5.08. The van der Waals surface area contributed by atoms with Gasteiger partial charge in [-0.05, 0) is 55.3 Å². The van der Waals surface area contributed by atoms with Crippen molar-refractivity contribution in [2.75, 3.05) is 0 Å². The Labute approximate surface area is 122 Å². The molecule has 2 rings (SSSR count). The van der Waals surface area contributed by atoms with Crippen LogP contribution in [0.2, 0.25) is 5.02 Å². The van der Waals surface area contributed by atoms with E-state index >= 15 is 0 Å². The Hall–Kier alpha value is -2.05. The van der Waals surface area contributed by atoms with Gasteiger partial charge in [-0.25, -0.2) is 4.39 Å². The van der Waals surface area contributed by atoms with Crippen LogP contribution in [0.3, 0.4) is 0 Å². The third-order valence-electron chi connectivity index (χ3n) is 2.66. The Morgan fingerprint density at radius 1 is 1.15 bits per heavy atom. The van der Waals surface area contributed by atoms with Gasteiger partial charge in [0, 0.05) is 5.02 Å². The highest BCUT2D eigenvalue weighted by molar-refractivity contribution is 6.30. The van der Waals surface area contributed by atoms with Crippen molar-refractivity contribution < 1.29 is 9.13 Å². The Bertz CT molecular complexity index is 656. The average Bonchev–Trinajstić information content (AvgIpc) is 2.36. The monoisotopic (exact) mass is 289 g/mol. The van der Waals surface area contributed by atoms with Crippen LogP contribution in [-0.2, 0) is 0 Å². The molecule has 102 valence electrons. The van der Waals surface area contributed by atoms with Crippen molar-refractivity contribution in [1.29, 1.82) is 5.26 Å². The Morgan fingerprint density at radius 2 is 1.90 bits per heavy atom. The zero-order valence-corrected chi connectivity index (χ0v) is 11.9. The van der Waals surface area contributed by atoms with Gasteiger partial charge in [-0.1, -0.05) is 17.7 Å². The molecule has 2 nitrogen and oxygen atoms in total. The van der Waals surface area contributed by atoms with Gasteiger partial charge in [0.2, 0.25) is 0 Å². The highest BCUT2D eigenvalue weighted by Crippen LogP contribution is 2.30. The molecule has 20 heavy (non-hydrogen) atoms. The molecular formula is C16H13ClFNO. The molecule has 0 aliphatic heterocycles. The SMILES string of the molecule is CC(C)Oc1cc(-c2cc(F)cc(Cl)c2)ccc1C#N. The summed E-state index contributed by atoms with van der Waals surface area (Å²) in [5.74, 6) is 0.0866. The Kier molecular flexibility index (Phi) is 4.26. The maximum atomic E-state index is 13.4. The summed E-state index contributed by atoms with van der Waals surface area (Å²) in [5.41, 5.74) is 1.85. The van der Waals surface area contributed by atoms with Crippen molar-refractivity contribution in [3.05, 3.63) is 52.8 Å². The number of halogens is 2. The Morgan fingerprint density at radius 3 is 2.50 bits per heavy atom. The molecule has 0 atom stereocenters. The van der Waals surface area contributed by atoms with E-state index < -0.39 is 5.82 Å². The summed E-state index contributed by atoms with van der Waals surface area (Å²) >= 11 is 5.86. The van der Waals surface area contributed by atoms with Crippen LogP contribution in [0, 0.1) is 17.1 Å². The number of nitriles is 1. The number of nitrogens with zero attached hydrogens (tertiary/aromatic N) is 1. The molecule has 0 aliphatic carbocycles. The van der Waals surface area contributed by atoms with Crippen molar-refractivity contribution in [3.8, 4) is 22.9 Å². The molecular weight excluding hydrogens is 277 g/mol. The first-order valence-corrected chi connectivity index (χ1v) is 6.54. The largest absolute Gasteiger partial charge is 0.490 e. The minimum atomic E-state index is -0.400. The molecule has 0 bridgehead atoms. The van der Waals surface area contributed by atoms with Crippen LogP contribution in [0.5, 0.6) is 5.75 Å². The van der Waals surface area contributed by atoms with Gasteiger partial charge >= 0.3 is 0 Å². The van der Waals surface area contributed by atoms with E-state index in [9.17, 15) is 4.39 Å². The molecule has 0 saturated heterocycles. The molecule has 0 fully saturated rings. The topological polar surface area (TPSA) is 33.0 Å². The molecule has 0 spiro atoms. The van der Waals surface area contributed by atoms with Gasteiger partial charge in [-0.15, -0.1) is 0 Å². The minimum Gasteiger partial charge on any atom is -0.490 e. The van der Waals surface area contributed by atoms with Crippen LogP contribution in [0.15, 0.2) is 36.4 Å². The lowest BCUT2D eigenvalue weighted by Crippen LogP contribution is -2.06. The molecule has 0 N–H and O–H groups in total. The fourth-order valence-corrected chi connectivity index (χ4v) is 2.09. The molecule has 0 amide bonds. The molecule has 4 heteroatoms. The third-order valence-corrected chi connectivity index (χ3v) is 2.88. The third kappa shape index (κ3) is 3.28. The van der Waals surface area contributed by atoms with E-state index in [0.29, 0.717) is 21.9 Å². The summed E-state index contributed by atoms with van der Waals surface area (Å²) in [4.78, 5) is 0. The van der Waals surface area contributed by atoms with Crippen LogP contribution in [0.1, 0.15) is 19.4 Å². The van der Waals surface area contributed by atoms with Crippen molar-refractivity contribution in [3.63, 3.8) is 0 Å². The first-order chi connectivity index (χ1) is 9.49. The van der Waals surface area contributed by atoms with E-state index in [1.807, 2.05) is 13.8 Å². The van der Waals surface area contributed by atoms with E-state index in [1.165, 1.54) is 12.1 Å².